The third-order valence-electron chi connectivity index (χ3n) is 4.06. The normalized spacial score (nSPS) is 17.2. The van der Waals surface area contributed by atoms with Gasteiger partial charge in [-0.25, -0.2) is 0 Å². The lowest BCUT2D eigenvalue weighted by Crippen LogP contribution is -2.57. The van der Waals surface area contributed by atoms with Gasteiger partial charge in [0.15, 0.2) is 0 Å². The molecule has 1 aromatic rings. The van der Waals surface area contributed by atoms with Crippen LogP contribution in [0.5, 0.6) is 0 Å². The third kappa shape index (κ3) is 3.96. The number of rotatable bonds is 3. The van der Waals surface area contributed by atoms with E-state index in [0.29, 0.717) is 32.0 Å². The van der Waals surface area contributed by atoms with Crippen LogP contribution in [0.4, 0.5) is 5.69 Å². The fourth-order valence-corrected chi connectivity index (χ4v) is 2.48. The summed E-state index contributed by atoms with van der Waals surface area (Å²) in [6.07, 6.45) is 1.17. The van der Waals surface area contributed by atoms with Crippen molar-refractivity contribution < 1.29 is 9.53 Å². The van der Waals surface area contributed by atoms with E-state index in [0.717, 1.165) is 5.69 Å². The molecule has 2 N–H and O–H groups in total. The molecule has 5 heteroatoms. The van der Waals surface area contributed by atoms with Crippen molar-refractivity contribution in [3.8, 4) is 0 Å². The number of carbonyl (C=O) groups is 1. The largest absolute Gasteiger partial charge is 0.381 e. The molecule has 0 aromatic heterocycles. The van der Waals surface area contributed by atoms with Crippen molar-refractivity contribution in [2.45, 2.75) is 38.1 Å². The number of carbonyl (C=O) groups excluding carboxylic acids is 1. The predicted molar refractivity (Wildman–Crippen MR) is 88.2 cm³/mol. The molecule has 1 aromatic carbocycles. The van der Waals surface area contributed by atoms with Gasteiger partial charge in [-0.1, -0.05) is 26.0 Å². The number of benzene rings is 1. The maximum atomic E-state index is 12.6. The van der Waals surface area contributed by atoms with Gasteiger partial charge in [-0.2, -0.15) is 0 Å². The second-order valence-corrected chi connectivity index (χ2v) is 5.88. The summed E-state index contributed by atoms with van der Waals surface area (Å²) in [6, 6.07) is 8.10. The number of nitrogens with two attached hydrogens (primary N) is 1. The Kier molecular flexibility index (Phi) is 6.20. The van der Waals surface area contributed by atoms with Gasteiger partial charge < -0.3 is 15.4 Å². The highest BCUT2D eigenvalue weighted by Gasteiger charge is 2.38. The molecule has 1 aliphatic heterocycles. The zero-order valence-corrected chi connectivity index (χ0v) is 13.8. The standard InChI is InChI=1S/C16H24N2O2.ClH/c1-12(2)13-4-6-14(7-5-13)18(3)15(19)16(17)8-10-20-11-9-16;/h4-7,12H,8-11,17H2,1-3H3;1H. The molecule has 1 fully saturated rings. The van der Waals surface area contributed by atoms with Crippen LogP contribution >= 0.6 is 12.4 Å². The molecule has 1 heterocycles. The zero-order valence-electron chi connectivity index (χ0n) is 13.0. The van der Waals surface area contributed by atoms with Crippen LogP contribution in [0.3, 0.4) is 0 Å². The number of amides is 1. The van der Waals surface area contributed by atoms with E-state index in [2.05, 4.69) is 26.0 Å². The molecule has 2 rings (SSSR count). The molecule has 1 saturated heterocycles. The van der Waals surface area contributed by atoms with Crippen LogP contribution in [0.15, 0.2) is 24.3 Å². The van der Waals surface area contributed by atoms with Gasteiger partial charge in [0, 0.05) is 25.9 Å². The number of ether oxygens (including phenoxy) is 1. The minimum atomic E-state index is -0.788. The zero-order chi connectivity index (χ0) is 14.8. The number of hydrogen-bond acceptors (Lipinski definition) is 3. The van der Waals surface area contributed by atoms with Gasteiger partial charge in [-0.15, -0.1) is 12.4 Å². The second-order valence-electron chi connectivity index (χ2n) is 5.88. The van der Waals surface area contributed by atoms with Crippen molar-refractivity contribution in [1.82, 2.24) is 0 Å². The van der Waals surface area contributed by atoms with Gasteiger partial charge in [-0.05, 0) is 36.5 Å². The van der Waals surface area contributed by atoms with Gasteiger partial charge in [0.1, 0.15) is 5.54 Å². The summed E-state index contributed by atoms with van der Waals surface area (Å²) < 4.78 is 5.29. The van der Waals surface area contributed by atoms with E-state index in [4.69, 9.17) is 10.5 Å². The fraction of sp³-hybridized carbons (Fsp3) is 0.562. The van der Waals surface area contributed by atoms with Gasteiger partial charge in [-0.3, -0.25) is 4.79 Å². The molecule has 4 nitrogen and oxygen atoms in total. The summed E-state index contributed by atoms with van der Waals surface area (Å²) >= 11 is 0. The smallest absolute Gasteiger partial charge is 0.246 e. The highest BCUT2D eigenvalue weighted by atomic mass is 35.5. The Hall–Kier alpha value is -1.10. The van der Waals surface area contributed by atoms with E-state index >= 15 is 0 Å². The predicted octanol–water partition coefficient (Wildman–Crippen LogP) is 2.70. The number of likely N-dealkylation sites (N-methyl/N-ethyl adjacent to an activating group) is 1. The maximum absolute atomic E-state index is 12.6. The Labute approximate surface area is 133 Å². The molecular formula is C16H25ClN2O2. The van der Waals surface area contributed by atoms with Gasteiger partial charge in [0.2, 0.25) is 5.91 Å². The van der Waals surface area contributed by atoms with Gasteiger partial charge >= 0.3 is 0 Å². The average molecular weight is 313 g/mol. The Morgan fingerprint density at radius 2 is 1.76 bits per heavy atom. The molecule has 0 unspecified atom stereocenters. The number of nitrogens with zero attached hydrogens (tertiary/aromatic N) is 1. The molecule has 118 valence electrons. The minimum absolute atomic E-state index is 0. The SMILES string of the molecule is CC(C)c1ccc(N(C)C(=O)C2(N)CCOCC2)cc1.Cl. The van der Waals surface area contributed by atoms with Crippen molar-refractivity contribution >= 4 is 24.0 Å². The first kappa shape index (κ1) is 18.0. The monoisotopic (exact) mass is 312 g/mol. The summed E-state index contributed by atoms with van der Waals surface area (Å²) in [4.78, 5) is 14.2. The molecule has 0 aliphatic carbocycles. The number of hydrogen-bond donors (Lipinski definition) is 1. The molecular weight excluding hydrogens is 288 g/mol. The quantitative estimate of drug-likeness (QED) is 0.933. The fourth-order valence-electron chi connectivity index (χ4n) is 2.48. The van der Waals surface area contributed by atoms with Crippen LogP contribution in [0, 0.1) is 0 Å². The van der Waals surface area contributed by atoms with Crippen LogP contribution in [-0.2, 0) is 9.53 Å². The molecule has 0 bridgehead atoms. The summed E-state index contributed by atoms with van der Waals surface area (Å²) in [5, 5.41) is 0. The van der Waals surface area contributed by atoms with Gasteiger partial charge in [0.05, 0.1) is 0 Å². The Bertz CT molecular complexity index is 468. The lowest BCUT2D eigenvalue weighted by atomic mass is 9.89. The van der Waals surface area contributed by atoms with Crippen LogP contribution in [0.1, 0.15) is 38.2 Å². The molecule has 0 atom stereocenters. The van der Waals surface area contributed by atoms with Crippen LogP contribution in [-0.4, -0.2) is 31.7 Å². The van der Waals surface area contributed by atoms with E-state index in [1.807, 2.05) is 12.1 Å². The van der Waals surface area contributed by atoms with E-state index < -0.39 is 5.54 Å². The molecule has 21 heavy (non-hydrogen) atoms. The lowest BCUT2D eigenvalue weighted by molar-refractivity contribution is -0.126. The van der Waals surface area contributed by atoms with Crippen molar-refractivity contribution in [3.05, 3.63) is 29.8 Å². The van der Waals surface area contributed by atoms with E-state index in [1.54, 1.807) is 11.9 Å². The topological polar surface area (TPSA) is 55.6 Å². The summed E-state index contributed by atoms with van der Waals surface area (Å²) in [6.45, 7) is 5.42. The van der Waals surface area contributed by atoms with Crippen molar-refractivity contribution in [2.24, 2.45) is 5.73 Å². The van der Waals surface area contributed by atoms with E-state index in [-0.39, 0.29) is 18.3 Å². The van der Waals surface area contributed by atoms with E-state index in [9.17, 15) is 4.79 Å². The molecule has 1 aliphatic rings. The first-order valence-corrected chi connectivity index (χ1v) is 7.19. The first-order chi connectivity index (χ1) is 9.44. The average Bonchev–Trinajstić information content (AvgIpc) is 2.46. The lowest BCUT2D eigenvalue weighted by Gasteiger charge is -2.35. The Balaban J connectivity index is 0.00000220. The van der Waals surface area contributed by atoms with Gasteiger partial charge in [0.25, 0.3) is 0 Å². The first-order valence-electron chi connectivity index (χ1n) is 7.19. The Morgan fingerprint density at radius 3 is 2.24 bits per heavy atom. The third-order valence-corrected chi connectivity index (χ3v) is 4.06. The highest BCUT2D eigenvalue weighted by molar-refractivity contribution is 5.99. The Morgan fingerprint density at radius 1 is 1.24 bits per heavy atom. The highest BCUT2D eigenvalue weighted by Crippen LogP contribution is 2.24. The van der Waals surface area contributed by atoms with Crippen molar-refractivity contribution in [3.63, 3.8) is 0 Å². The minimum Gasteiger partial charge on any atom is -0.381 e. The molecule has 0 saturated carbocycles. The number of anilines is 1. The van der Waals surface area contributed by atoms with E-state index in [1.165, 1.54) is 5.56 Å². The number of halogens is 1. The molecule has 0 spiro atoms. The van der Waals surface area contributed by atoms with Crippen LogP contribution in [0.2, 0.25) is 0 Å². The summed E-state index contributed by atoms with van der Waals surface area (Å²) in [5.74, 6) is 0.458. The van der Waals surface area contributed by atoms with Crippen molar-refractivity contribution in [1.29, 1.82) is 0 Å². The summed E-state index contributed by atoms with van der Waals surface area (Å²) in [5.41, 5.74) is 7.61. The van der Waals surface area contributed by atoms with Crippen LogP contribution in [0.25, 0.3) is 0 Å². The maximum Gasteiger partial charge on any atom is 0.246 e. The summed E-state index contributed by atoms with van der Waals surface area (Å²) in [7, 11) is 1.79. The second kappa shape index (κ2) is 7.25. The van der Waals surface area contributed by atoms with Crippen molar-refractivity contribution in [2.75, 3.05) is 25.2 Å². The molecule has 0 radical (unpaired) electrons. The van der Waals surface area contributed by atoms with Crippen LogP contribution < -0.4 is 10.6 Å². The molecule has 1 amide bonds.